The van der Waals surface area contributed by atoms with Crippen molar-refractivity contribution in [3.05, 3.63) is 54.2 Å². The van der Waals surface area contributed by atoms with Crippen molar-refractivity contribution in [1.29, 1.82) is 0 Å². The number of nitrogens with zero attached hydrogens (tertiary/aromatic N) is 4. The van der Waals surface area contributed by atoms with Gasteiger partial charge in [-0.2, -0.15) is 13.2 Å². The smallest absolute Gasteiger partial charge is 0.416 e. The van der Waals surface area contributed by atoms with Crippen LogP contribution in [0, 0.1) is 11.8 Å². The molecular weight excluding hydrogens is 487 g/mol. The Morgan fingerprint density at radius 3 is 2.35 bits per heavy atom. The van der Waals surface area contributed by atoms with Gasteiger partial charge in [-0.25, -0.2) is 9.78 Å². The summed E-state index contributed by atoms with van der Waals surface area (Å²) < 4.78 is 38.4. The highest BCUT2D eigenvalue weighted by Crippen LogP contribution is 2.31. The van der Waals surface area contributed by atoms with Gasteiger partial charge in [0.1, 0.15) is 5.82 Å². The summed E-state index contributed by atoms with van der Waals surface area (Å²) in [7, 11) is 0. The standard InChI is InChI=1S/C26H32F3N5O3/c27-26(28,29)21-4-6-22(7-5-21)31-25(37)34-12-9-19(17-24(35)36)20(18-34)8-11-32-13-15-33(16-14-32)23-3-1-2-10-30-23/h1-7,10,19-20H,8-9,11-18H2,(H,31,37)(H,35,36). The number of hydrogen-bond donors (Lipinski definition) is 2. The van der Waals surface area contributed by atoms with Gasteiger partial charge in [-0.15, -0.1) is 0 Å². The number of hydrogen-bond acceptors (Lipinski definition) is 5. The molecule has 0 radical (unpaired) electrons. The molecule has 2 aliphatic heterocycles. The topological polar surface area (TPSA) is 89.0 Å². The van der Waals surface area contributed by atoms with Gasteiger partial charge in [0.15, 0.2) is 0 Å². The molecule has 2 aromatic rings. The van der Waals surface area contributed by atoms with E-state index < -0.39 is 17.7 Å². The van der Waals surface area contributed by atoms with Gasteiger partial charge in [-0.1, -0.05) is 6.07 Å². The first kappa shape index (κ1) is 26.7. The molecule has 2 N–H and O–H groups in total. The van der Waals surface area contributed by atoms with Crippen molar-refractivity contribution in [2.24, 2.45) is 11.8 Å². The van der Waals surface area contributed by atoms with Crippen molar-refractivity contribution in [2.45, 2.75) is 25.4 Å². The minimum Gasteiger partial charge on any atom is -0.481 e. The Morgan fingerprint density at radius 2 is 1.73 bits per heavy atom. The summed E-state index contributed by atoms with van der Waals surface area (Å²) in [5.41, 5.74) is -0.492. The number of anilines is 2. The third-order valence-corrected chi connectivity index (χ3v) is 7.24. The number of amides is 2. The summed E-state index contributed by atoms with van der Waals surface area (Å²) in [5, 5.41) is 12.1. The number of carboxylic acids is 1. The number of carboxylic acid groups (broad SMARTS) is 1. The number of rotatable bonds is 7. The fraction of sp³-hybridized carbons (Fsp3) is 0.500. The van der Waals surface area contributed by atoms with Crippen molar-refractivity contribution in [2.75, 3.05) is 56.0 Å². The lowest BCUT2D eigenvalue weighted by atomic mass is 9.81. The van der Waals surface area contributed by atoms with Crippen molar-refractivity contribution >= 4 is 23.5 Å². The van der Waals surface area contributed by atoms with Gasteiger partial charge in [0, 0.05) is 57.6 Å². The van der Waals surface area contributed by atoms with E-state index in [1.807, 2.05) is 18.2 Å². The number of carbonyl (C=O) groups excluding carboxylic acids is 1. The molecule has 3 heterocycles. The predicted molar refractivity (Wildman–Crippen MR) is 133 cm³/mol. The quantitative estimate of drug-likeness (QED) is 0.569. The second-order valence-corrected chi connectivity index (χ2v) is 9.66. The number of pyridine rings is 1. The zero-order valence-electron chi connectivity index (χ0n) is 20.5. The molecule has 200 valence electrons. The molecule has 2 atom stereocenters. The van der Waals surface area contributed by atoms with E-state index in [1.165, 1.54) is 12.1 Å². The van der Waals surface area contributed by atoms with Gasteiger partial charge < -0.3 is 20.2 Å². The largest absolute Gasteiger partial charge is 0.481 e. The van der Waals surface area contributed by atoms with E-state index in [1.54, 1.807) is 11.1 Å². The lowest BCUT2D eigenvalue weighted by molar-refractivity contribution is -0.139. The van der Waals surface area contributed by atoms with Gasteiger partial charge in [0.05, 0.1) is 5.56 Å². The summed E-state index contributed by atoms with van der Waals surface area (Å²) in [4.78, 5) is 35.0. The highest BCUT2D eigenvalue weighted by molar-refractivity contribution is 5.89. The molecule has 8 nitrogen and oxygen atoms in total. The van der Waals surface area contributed by atoms with Crippen LogP contribution in [0.15, 0.2) is 48.7 Å². The van der Waals surface area contributed by atoms with Gasteiger partial charge in [0.25, 0.3) is 0 Å². The molecule has 0 bridgehead atoms. The molecule has 4 rings (SSSR count). The summed E-state index contributed by atoms with van der Waals surface area (Å²) >= 11 is 0. The summed E-state index contributed by atoms with van der Waals surface area (Å²) in [6, 6.07) is 9.82. The second kappa shape index (κ2) is 11.8. The lowest BCUT2D eigenvalue weighted by Crippen LogP contribution is -2.49. The maximum atomic E-state index is 12.9. The second-order valence-electron chi connectivity index (χ2n) is 9.66. The zero-order valence-corrected chi connectivity index (χ0v) is 20.5. The molecule has 0 saturated carbocycles. The highest BCUT2D eigenvalue weighted by Gasteiger charge is 2.34. The van der Waals surface area contributed by atoms with Crippen molar-refractivity contribution in [1.82, 2.24) is 14.8 Å². The van der Waals surface area contributed by atoms with Crippen LogP contribution in [-0.2, 0) is 11.0 Å². The Labute approximate surface area is 214 Å². The number of carbonyl (C=O) groups is 2. The Bertz CT molecular complexity index is 1040. The van der Waals surface area contributed by atoms with E-state index in [9.17, 15) is 27.9 Å². The summed E-state index contributed by atoms with van der Waals surface area (Å²) in [6.07, 6.45) is -1.25. The van der Waals surface area contributed by atoms with Crippen LogP contribution in [0.5, 0.6) is 0 Å². The Balaban J connectivity index is 1.31. The number of likely N-dealkylation sites (tertiary alicyclic amines) is 1. The molecule has 11 heteroatoms. The number of alkyl halides is 3. The molecule has 2 saturated heterocycles. The number of benzene rings is 1. The molecule has 2 fully saturated rings. The van der Waals surface area contributed by atoms with Crippen molar-refractivity contribution in [3.8, 4) is 0 Å². The first-order valence-electron chi connectivity index (χ1n) is 12.5. The molecular formula is C26H32F3N5O3. The van der Waals surface area contributed by atoms with Crippen LogP contribution in [0.4, 0.5) is 29.5 Å². The molecule has 2 aliphatic rings. The maximum Gasteiger partial charge on any atom is 0.416 e. The number of piperidine rings is 1. The van der Waals surface area contributed by atoms with Crippen LogP contribution in [0.3, 0.4) is 0 Å². The molecule has 1 aromatic heterocycles. The molecule has 37 heavy (non-hydrogen) atoms. The number of halogens is 3. The maximum absolute atomic E-state index is 12.9. The van der Waals surface area contributed by atoms with E-state index in [4.69, 9.17) is 0 Å². The highest BCUT2D eigenvalue weighted by atomic mass is 19.4. The summed E-state index contributed by atoms with van der Waals surface area (Å²) in [6.45, 7) is 5.12. The average molecular weight is 520 g/mol. The predicted octanol–water partition coefficient (Wildman–Crippen LogP) is 4.26. The molecule has 2 amide bonds. The Kier molecular flexibility index (Phi) is 8.52. The van der Waals surface area contributed by atoms with Gasteiger partial charge in [-0.3, -0.25) is 9.69 Å². The molecule has 1 aromatic carbocycles. The van der Waals surface area contributed by atoms with Crippen LogP contribution in [0.2, 0.25) is 0 Å². The van der Waals surface area contributed by atoms with E-state index in [2.05, 4.69) is 20.1 Å². The number of aliphatic carboxylic acids is 1. The number of nitrogens with one attached hydrogen (secondary N) is 1. The Hall–Kier alpha value is -3.34. The molecule has 2 unspecified atom stereocenters. The van der Waals surface area contributed by atoms with Gasteiger partial charge in [-0.05, 0) is 67.6 Å². The van der Waals surface area contributed by atoms with E-state index in [0.29, 0.717) is 19.5 Å². The fourth-order valence-electron chi connectivity index (χ4n) is 5.12. The zero-order chi connectivity index (χ0) is 26.4. The van der Waals surface area contributed by atoms with Crippen LogP contribution in [-0.4, -0.2) is 77.7 Å². The van der Waals surface area contributed by atoms with E-state index in [-0.39, 0.29) is 30.0 Å². The fourth-order valence-corrected chi connectivity index (χ4v) is 5.12. The SMILES string of the molecule is O=C(O)CC1CCN(C(=O)Nc2ccc(C(F)(F)F)cc2)CC1CCN1CCN(c2ccccn2)CC1. The monoisotopic (exact) mass is 519 g/mol. The molecule has 0 spiro atoms. The lowest BCUT2D eigenvalue weighted by Gasteiger charge is -2.40. The minimum atomic E-state index is -4.44. The van der Waals surface area contributed by atoms with Gasteiger partial charge in [0.2, 0.25) is 0 Å². The van der Waals surface area contributed by atoms with E-state index >= 15 is 0 Å². The normalized spacial score (nSPS) is 21.1. The third-order valence-electron chi connectivity index (χ3n) is 7.24. The van der Waals surface area contributed by atoms with E-state index in [0.717, 1.165) is 57.1 Å². The van der Waals surface area contributed by atoms with Crippen LogP contribution >= 0.6 is 0 Å². The average Bonchev–Trinajstić information content (AvgIpc) is 2.88. The number of aromatic nitrogens is 1. The number of piperazine rings is 1. The van der Waals surface area contributed by atoms with Crippen LogP contribution in [0.25, 0.3) is 0 Å². The number of urea groups is 1. The molecule has 0 aliphatic carbocycles. The third kappa shape index (κ3) is 7.34. The van der Waals surface area contributed by atoms with Crippen LogP contribution < -0.4 is 10.2 Å². The van der Waals surface area contributed by atoms with Crippen molar-refractivity contribution < 1.29 is 27.9 Å². The Morgan fingerprint density at radius 1 is 1.00 bits per heavy atom. The van der Waals surface area contributed by atoms with Crippen molar-refractivity contribution in [3.63, 3.8) is 0 Å². The first-order chi connectivity index (χ1) is 17.7. The first-order valence-corrected chi connectivity index (χ1v) is 12.5. The minimum absolute atomic E-state index is 0.0250. The van der Waals surface area contributed by atoms with Gasteiger partial charge >= 0.3 is 18.2 Å². The van der Waals surface area contributed by atoms with Crippen LogP contribution in [0.1, 0.15) is 24.8 Å². The summed E-state index contributed by atoms with van der Waals surface area (Å²) in [5.74, 6) is 0.117.